The average molecular weight is 199 g/mol. The second-order valence-corrected chi connectivity index (χ2v) is 5.02. The van der Waals surface area contributed by atoms with Crippen molar-refractivity contribution in [3.63, 3.8) is 0 Å². The van der Waals surface area contributed by atoms with Crippen LogP contribution in [0.25, 0.3) is 0 Å². The van der Waals surface area contributed by atoms with E-state index in [1.807, 2.05) is 6.92 Å². The lowest BCUT2D eigenvalue weighted by Crippen LogP contribution is -2.44. The third-order valence-electron chi connectivity index (χ3n) is 3.50. The van der Waals surface area contributed by atoms with Crippen LogP contribution in [0.5, 0.6) is 0 Å². The van der Waals surface area contributed by atoms with Crippen LogP contribution in [0.3, 0.4) is 0 Å². The van der Waals surface area contributed by atoms with E-state index in [0.29, 0.717) is 6.04 Å². The van der Waals surface area contributed by atoms with Crippen molar-refractivity contribution in [2.75, 3.05) is 13.1 Å². The Morgan fingerprint density at radius 3 is 2.71 bits per heavy atom. The molecule has 0 bridgehead atoms. The zero-order valence-corrected chi connectivity index (χ0v) is 9.92. The molecule has 1 aliphatic rings. The van der Waals surface area contributed by atoms with Crippen molar-refractivity contribution in [1.82, 2.24) is 4.90 Å². The smallest absolute Gasteiger partial charge is 0.0743 e. The third kappa shape index (κ3) is 3.58. The Balaban J connectivity index is 2.48. The van der Waals surface area contributed by atoms with Gasteiger partial charge in [-0.3, -0.25) is 4.90 Å². The van der Waals surface area contributed by atoms with Crippen molar-refractivity contribution >= 4 is 0 Å². The summed E-state index contributed by atoms with van der Waals surface area (Å²) >= 11 is 0. The summed E-state index contributed by atoms with van der Waals surface area (Å²) in [6.07, 6.45) is 6.14. The molecule has 1 aliphatic heterocycles. The fourth-order valence-corrected chi connectivity index (χ4v) is 2.12. The Labute approximate surface area is 88.3 Å². The molecule has 1 N–H and O–H groups in total. The van der Waals surface area contributed by atoms with Crippen LogP contribution in [0.15, 0.2) is 0 Å². The lowest BCUT2D eigenvalue weighted by molar-refractivity contribution is 0.00600. The fraction of sp³-hybridized carbons (Fsp3) is 1.00. The molecular formula is C12H25NO. The molecule has 2 nitrogen and oxygen atoms in total. The number of rotatable bonds is 3. The molecule has 0 amide bonds. The average Bonchev–Trinajstić information content (AvgIpc) is 2.32. The Morgan fingerprint density at radius 2 is 2.07 bits per heavy atom. The molecule has 0 aliphatic carbocycles. The van der Waals surface area contributed by atoms with Gasteiger partial charge in [0.1, 0.15) is 0 Å². The molecule has 14 heavy (non-hydrogen) atoms. The molecule has 0 aromatic heterocycles. The number of aliphatic hydroxyl groups is 1. The van der Waals surface area contributed by atoms with Crippen LogP contribution in [-0.2, 0) is 0 Å². The molecule has 1 heterocycles. The Bertz CT molecular complexity index is 168. The summed E-state index contributed by atoms with van der Waals surface area (Å²) < 4.78 is 0. The van der Waals surface area contributed by atoms with Crippen LogP contribution in [0.4, 0.5) is 0 Å². The minimum atomic E-state index is -0.501. The molecule has 0 aromatic rings. The monoisotopic (exact) mass is 199 g/mol. The van der Waals surface area contributed by atoms with Gasteiger partial charge in [0.25, 0.3) is 0 Å². The molecule has 1 rings (SSSR count). The molecule has 1 saturated heterocycles. The second kappa shape index (κ2) is 5.13. The Hall–Kier alpha value is -0.0800. The lowest BCUT2D eigenvalue weighted by Gasteiger charge is -2.33. The van der Waals surface area contributed by atoms with Gasteiger partial charge in [0.15, 0.2) is 0 Å². The van der Waals surface area contributed by atoms with Crippen molar-refractivity contribution in [2.45, 2.75) is 64.5 Å². The molecule has 0 radical (unpaired) electrons. The second-order valence-electron chi connectivity index (χ2n) is 5.02. The predicted octanol–water partition coefficient (Wildman–Crippen LogP) is 2.41. The van der Waals surface area contributed by atoms with Gasteiger partial charge >= 0.3 is 0 Å². The van der Waals surface area contributed by atoms with E-state index in [-0.39, 0.29) is 0 Å². The van der Waals surface area contributed by atoms with Gasteiger partial charge in [0.05, 0.1) is 5.60 Å². The quantitative estimate of drug-likeness (QED) is 0.754. The number of likely N-dealkylation sites (tertiary alicyclic amines) is 1. The summed E-state index contributed by atoms with van der Waals surface area (Å²) in [6.45, 7) is 8.30. The zero-order chi connectivity index (χ0) is 10.6. The van der Waals surface area contributed by atoms with Gasteiger partial charge in [-0.05, 0) is 39.7 Å². The number of nitrogens with zero attached hydrogens (tertiary/aromatic N) is 1. The molecule has 84 valence electrons. The maximum atomic E-state index is 10.0. The standard InChI is InChI=1S/C12H25NO/c1-4-12(3,14)10-13-9-7-5-6-8-11(13)2/h11,14H,4-10H2,1-3H3. The molecule has 1 fully saturated rings. The number of β-amino-alcohol motifs (C(OH)–C–C–N with tert-alkyl or cyclic N) is 1. The van der Waals surface area contributed by atoms with Crippen molar-refractivity contribution in [3.8, 4) is 0 Å². The minimum Gasteiger partial charge on any atom is -0.389 e. The summed E-state index contributed by atoms with van der Waals surface area (Å²) in [6, 6.07) is 0.649. The Kier molecular flexibility index (Phi) is 4.39. The topological polar surface area (TPSA) is 23.5 Å². The molecule has 2 heteroatoms. The van der Waals surface area contributed by atoms with Crippen molar-refractivity contribution < 1.29 is 5.11 Å². The van der Waals surface area contributed by atoms with E-state index in [0.717, 1.165) is 19.5 Å². The molecule has 2 atom stereocenters. The van der Waals surface area contributed by atoms with E-state index in [4.69, 9.17) is 0 Å². The van der Waals surface area contributed by atoms with E-state index >= 15 is 0 Å². The van der Waals surface area contributed by atoms with Crippen LogP contribution >= 0.6 is 0 Å². The third-order valence-corrected chi connectivity index (χ3v) is 3.50. The van der Waals surface area contributed by atoms with Crippen LogP contribution in [-0.4, -0.2) is 34.7 Å². The van der Waals surface area contributed by atoms with Gasteiger partial charge in [-0.2, -0.15) is 0 Å². The first kappa shape index (κ1) is 12.0. The van der Waals surface area contributed by atoms with Crippen LogP contribution in [0.2, 0.25) is 0 Å². The SMILES string of the molecule is CCC(C)(O)CN1CCCCCC1C. The van der Waals surface area contributed by atoms with E-state index in [9.17, 15) is 5.11 Å². The normalized spacial score (nSPS) is 29.6. The maximum Gasteiger partial charge on any atom is 0.0743 e. The first-order chi connectivity index (χ1) is 6.55. The van der Waals surface area contributed by atoms with Gasteiger partial charge in [-0.1, -0.05) is 19.8 Å². The van der Waals surface area contributed by atoms with Crippen LogP contribution in [0, 0.1) is 0 Å². The highest BCUT2D eigenvalue weighted by Gasteiger charge is 2.25. The van der Waals surface area contributed by atoms with Crippen LogP contribution in [0.1, 0.15) is 52.9 Å². The molecule has 0 spiro atoms. The van der Waals surface area contributed by atoms with Gasteiger partial charge in [0.2, 0.25) is 0 Å². The van der Waals surface area contributed by atoms with Crippen molar-refractivity contribution in [2.24, 2.45) is 0 Å². The van der Waals surface area contributed by atoms with E-state index in [2.05, 4.69) is 18.7 Å². The minimum absolute atomic E-state index is 0.501. The molecular weight excluding hydrogens is 174 g/mol. The molecule has 0 saturated carbocycles. The highest BCUT2D eigenvalue weighted by Crippen LogP contribution is 2.20. The largest absolute Gasteiger partial charge is 0.389 e. The summed E-state index contributed by atoms with van der Waals surface area (Å²) in [5.74, 6) is 0. The predicted molar refractivity (Wildman–Crippen MR) is 60.4 cm³/mol. The van der Waals surface area contributed by atoms with Crippen molar-refractivity contribution in [3.05, 3.63) is 0 Å². The first-order valence-corrected chi connectivity index (χ1v) is 6.01. The lowest BCUT2D eigenvalue weighted by atomic mass is 10.0. The van der Waals surface area contributed by atoms with E-state index < -0.39 is 5.60 Å². The fourth-order valence-electron chi connectivity index (χ4n) is 2.12. The number of hydrogen-bond acceptors (Lipinski definition) is 2. The van der Waals surface area contributed by atoms with Gasteiger partial charge in [-0.25, -0.2) is 0 Å². The van der Waals surface area contributed by atoms with Gasteiger partial charge in [0, 0.05) is 12.6 Å². The Morgan fingerprint density at radius 1 is 1.36 bits per heavy atom. The molecule has 2 unspecified atom stereocenters. The number of hydrogen-bond donors (Lipinski definition) is 1. The van der Waals surface area contributed by atoms with Crippen molar-refractivity contribution in [1.29, 1.82) is 0 Å². The van der Waals surface area contributed by atoms with Gasteiger partial charge < -0.3 is 5.11 Å². The summed E-state index contributed by atoms with van der Waals surface area (Å²) in [5.41, 5.74) is -0.501. The maximum absolute atomic E-state index is 10.0. The zero-order valence-electron chi connectivity index (χ0n) is 9.92. The van der Waals surface area contributed by atoms with Crippen LogP contribution < -0.4 is 0 Å². The van der Waals surface area contributed by atoms with Gasteiger partial charge in [-0.15, -0.1) is 0 Å². The summed E-state index contributed by atoms with van der Waals surface area (Å²) in [5, 5.41) is 10.0. The molecule has 0 aromatic carbocycles. The summed E-state index contributed by atoms with van der Waals surface area (Å²) in [7, 11) is 0. The summed E-state index contributed by atoms with van der Waals surface area (Å²) in [4.78, 5) is 2.45. The van der Waals surface area contributed by atoms with E-state index in [1.54, 1.807) is 0 Å². The first-order valence-electron chi connectivity index (χ1n) is 6.01. The highest BCUT2D eigenvalue weighted by molar-refractivity contribution is 4.80. The van der Waals surface area contributed by atoms with E-state index in [1.165, 1.54) is 25.7 Å². The highest BCUT2D eigenvalue weighted by atomic mass is 16.3.